The average Bonchev–Trinajstić information content (AvgIpc) is 3.44. The summed E-state index contributed by atoms with van der Waals surface area (Å²) < 4.78 is 6.67. The quantitative estimate of drug-likeness (QED) is 0.146. The van der Waals surface area contributed by atoms with E-state index < -0.39 is 0 Å². The van der Waals surface area contributed by atoms with Crippen LogP contribution in [-0.2, 0) is 15.5 Å². The van der Waals surface area contributed by atoms with Crippen molar-refractivity contribution in [2.45, 2.75) is 69.8 Å². The van der Waals surface area contributed by atoms with Crippen LogP contribution in [0.1, 0.15) is 68.4 Å². The van der Waals surface area contributed by atoms with Gasteiger partial charge in [0.15, 0.2) is 0 Å². The lowest BCUT2D eigenvalue weighted by Crippen LogP contribution is -2.29. The summed E-state index contributed by atoms with van der Waals surface area (Å²) in [5.41, 5.74) is 0.950. The van der Waals surface area contributed by atoms with Crippen LogP contribution in [0.25, 0.3) is 6.08 Å². The molecule has 2 heterocycles. The SMILES string of the molecule is O=C(CCCCCN1C(=O)/C(=C/c2ccc(OC3CCCCC3)cc2)SC1=S)Nc1nnc(CCl)s1. The molecule has 1 saturated heterocycles. The molecule has 0 spiro atoms. The lowest BCUT2D eigenvalue weighted by molar-refractivity contribution is -0.122. The van der Waals surface area contributed by atoms with E-state index in [0.717, 1.165) is 37.0 Å². The predicted molar refractivity (Wildman–Crippen MR) is 150 cm³/mol. The molecule has 2 aliphatic rings. The third kappa shape index (κ3) is 7.74. The number of amides is 2. The molecule has 2 fully saturated rings. The number of nitrogens with one attached hydrogen (secondary N) is 1. The van der Waals surface area contributed by atoms with Crippen molar-refractivity contribution in [2.75, 3.05) is 11.9 Å². The minimum Gasteiger partial charge on any atom is -0.490 e. The minimum absolute atomic E-state index is 0.0587. The summed E-state index contributed by atoms with van der Waals surface area (Å²) in [5.74, 6) is 0.998. The highest BCUT2D eigenvalue weighted by Gasteiger charge is 2.31. The molecular weight excluding hydrogens is 536 g/mol. The summed E-state index contributed by atoms with van der Waals surface area (Å²) in [6, 6.07) is 7.90. The number of thioether (sulfide) groups is 1. The smallest absolute Gasteiger partial charge is 0.266 e. The third-order valence-electron chi connectivity index (χ3n) is 6.02. The number of ether oxygens (including phenoxy) is 1. The molecule has 11 heteroatoms. The van der Waals surface area contributed by atoms with Gasteiger partial charge in [0.05, 0.1) is 16.9 Å². The van der Waals surface area contributed by atoms with E-state index in [-0.39, 0.29) is 17.7 Å². The number of anilines is 1. The second-order valence-corrected chi connectivity index (χ2v) is 11.8. The van der Waals surface area contributed by atoms with Gasteiger partial charge in [0, 0.05) is 13.0 Å². The van der Waals surface area contributed by atoms with E-state index in [0.29, 0.717) is 44.9 Å². The van der Waals surface area contributed by atoms with Gasteiger partial charge in [-0.25, -0.2) is 0 Å². The number of hydrogen-bond acceptors (Lipinski definition) is 8. The van der Waals surface area contributed by atoms with E-state index in [1.54, 1.807) is 4.90 Å². The zero-order valence-electron chi connectivity index (χ0n) is 19.9. The largest absolute Gasteiger partial charge is 0.490 e. The number of hydrogen-bond donors (Lipinski definition) is 1. The van der Waals surface area contributed by atoms with E-state index in [2.05, 4.69) is 15.5 Å². The van der Waals surface area contributed by atoms with Gasteiger partial charge in [-0.2, -0.15) is 0 Å². The summed E-state index contributed by atoms with van der Waals surface area (Å²) >= 11 is 13.8. The monoisotopic (exact) mass is 564 g/mol. The molecule has 36 heavy (non-hydrogen) atoms. The zero-order chi connectivity index (χ0) is 25.3. The van der Waals surface area contributed by atoms with Crippen LogP contribution in [0.5, 0.6) is 5.75 Å². The molecule has 0 radical (unpaired) electrons. The van der Waals surface area contributed by atoms with Crippen molar-refractivity contribution in [3.8, 4) is 5.75 Å². The molecule has 1 aliphatic carbocycles. The minimum atomic E-state index is -0.101. The van der Waals surface area contributed by atoms with Gasteiger partial charge in [0.25, 0.3) is 5.91 Å². The first-order valence-corrected chi connectivity index (χ1v) is 14.8. The Hall–Kier alpha value is -2.01. The van der Waals surface area contributed by atoms with Crippen LogP contribution < -0.4 is 10.1 Å². The van der Waals surface area contributed by atoms with E-state index in [1.165, 1.54) is 42.4 Å². The molecular formula is C25H29ClN4O3S3. The number of benzene rings is 1. The first-order valence-electron chi connectivity index (χ1n) is 12.2. The van der Waals surface area contributed by atoms with Crippen molar-refractivity contribution in [2.24, 2.45) is 0 Å². The molecule has 1 aromatic carbocycles. The molecule has 7 nitrogen and oxygen atoms in total. The normalized spacial score (nSPS) is 17.7. The Morgan fingerprint density at radius 2 is 1.94 bits per heavy atom. The Morgan fingerprint density at radius 3 is 2.67 bits per heavy atom. The van der Waals surface area contributed by atoms with Crippen LogP contribution >= 0.6 is 46.9 Å². The highest BCUT2D eigenvalue weighted by molar-refractivity contribution is 8.26. The Kier molecular flexibility index (Phi) is 10.1. The second kappa shape index (κ2) is 13.5. The number of aromatic nitrogens is 2. The molecule has 1 N–H and O–H groups in total. The molecule has 2 amide bonds. The van der Waals surface area contributed by atoms with Crippen molar-refractivity contribution >= 4 is 74.3 Å². The van der Waals surface area contributed by atoms with Crippen LogP contribution in [0.3, 0.4) is 0 Å². The molecule has 2 aromatic rings. The number of unbranched alkanes of at least 4 members (excludes halogenated alkanes) is 2. The van der Waals surface area contributed by atoms with Gasteiger partial charge in [-0.3, -0.25) is 14.5 Å². The highest BCUT2D eigenvalue weighted by atomic mass is 35.5. The van der Waals surface area contributed by atoms with Crippen molar-refractivity contribution in [3.63, 3.8) is 0 Å². The standard InChI is InChI=1S/C25H29ClN4O3S3/c26-16-22-28-29-24(36-22)27-21(31)9-5-2-6-14-30-23(32)20(35-25(30)34)15-17-10-12-19(13-11-17)33-18-7-3-1-4-8-18/h10-13,15,18H,1-9,14,16H2,(H,27,29,31)/b20-15-. The number of rotatable bonds is 11. The number of thiocarbonyl (C=S) groups is 1. The van der Waals surface area contributed by atoms with Crippen LogP contribution in [0.15, 0.2) is 29.2 Å². The summed E-state index contributed by atoms with van der Waals surface area (Å²) in [4.78, 5) is 27.2. The second-order valence-electron chi connectivity index (χ2n) is 8.77. The topological polar surface area (TPSA) is 84.4 Å². The first kappa shape index (κ1) is 27.0. The fourth-order valence-electron chi connectivity index (χ4n) is 4.13. The van der Waals surface area contributed by atoms with Gasteiger partial charge >= 0.3 is 0 Å². The summed E-state index contributed by atoms with van der Waals surface area (Å²) in [7, 11) is 0. The Balaban J connectivity index is 1.19. The third-order valence-corrected chi connectivity index (χ3v) is 8.65. The summed E-state index contributed by atoms with van der Waals surface area (Å²) in [5, 5.41) is 11.6. The van der Waals surface area contributed by atoms with E-state index in [9.17, 15) is 9.59 Å². The number of carbonyl (C=O) groups excluding carboxylic acids is 2. The summed E-state index contributed by atoms with van der Waals surface area (Å²) in [6.45, 7) is 0.549. The van der Waals surface area contributed by atoms with Gasteiger partial charge in [-0.05, 0) is 62.3 Å². The predicted octanol–water partition coefficient (Wildman–Crippen LogP) is 6.39. The maximum absolute atomic E-state index is 12.9. The number of alkyl halides is 1. The Labute approximate surface area is 230 Å². The van der Waals surface area contributed by atoms with E-state index in [1.807, 2.05) is 30.3 Å². The molecule has 192 valence electrons. The molecule has 1 aliphatic heterocycles. The van der Waals surface area contributed by atoms with Gasteiger partial charge in [0.1, 0.15) is 15.1 Å². The van der Waals surface area contributed by atoms with Crippen LogP contribution in [0.4, 0.5) is 5.13 Å². The Bertz CT molecular complexity index is 1100. The number of nitrogens with zero attached hydrogens (tertiary/aromatic N) is 3. The van der Waals surface area contributed by atoms with Gasteiger partial charge in [0.2, 0.25) is 11.0 Å². The van der Waals surface area contributed by atoms with Crippen molar-refractivity contribution in [1.82, 2.24) is 15.1 Å². The molecule has 0 bridgehead atoms. The van der Waals surface area contributed by atoms with E-state index in [4.69, 9.17) is 28.6 Å². The Morgan fingerprint density at radius 1 is 1.17 bits per heavy atom. The van der Waals surface area contributed by atoms with Crippen molar-refractivity contribution < 1.29 is 14.3 Å². The van der Waals surface area contributed by atoms with Crippen molar-refractivity contribution in [3.05, 3.63) is 39.7 Å². The molecule has 0 atom stereocenters. The lowest BCUT2D eigenvalue weighted by Gasteiger charge is -2.22. The van der Waals surface area contributed by atoms with Crippen LogP contribution in [-0.4, -0.2) is 43.9 Å². The fraction of sp³-hybridized carbons (Fsp3) is 0.480. The highest BCUT2D eigenvalue weighted by Crippen LogP contribution is 2.33. The first-order chi connectivity index (χ1) is 17.5. The molecule has 1 aromatic heterocycles. The number of carbonyl (C=O) groups is 2. The summed E-state index contributed by atoms with van der Waals surface area (Å²) in [6.07, 6.45) is 10.9. The molecule has 1 saturated carbocycles. The maximum atomic E-state index is 12.9. The molecule has 4 rings (SSSR count). The fourth-order valence-corrected chi connectivity index (χ4v) is 6.27. The number of halogens is 1. The molecule has 0 unspecified atom stereocenters. The van der Waals surface area contributed by atoms with Gasteiger partial charge in [-0.15, -0.1) is 21.8 Å². The average molecular weight is 565 g/mol. The van der Waals surface area contributed by atoms with Crippen molar-refractivity contribution in [1.29, 1.82) is 0 Å². The van der Waals surface area contributed by atoms with Gasteiger partial charge < -0.3 is 10.1 Å². The maximum Gasteiger partial charge on any atom is 0.266 e. The zero-order valence-corrected chi connectivity index (χ0v) is 23.1. The lowest BCUT2D eigenvalue weighted by atomic mass is 9.98. The van der Waals surface area contributed by atoms with E-state index >= 15 is 0 Å². The van der Waals surface area contributed by atoms with Gasteiger partial charge in [-0.1, -0.05) is 60.3 Å². The van der Waals surface area contributed by atoms with Crippen LogP contribution in [0, 0.1) is 0 Å². The van der Waals surface area contributed by atoms with Crippen LogP contribution in [0.2, 0.25) is 0 Å².